The summed E-state index contributed by atoms with van der Waals surface area (Å²) in [4.78, 5) is 18.0. The summed E-state index contributed by atoms with van der Waals surface area (Å²) in [6.45, 7) is 2.92. The van der Waals surface area contributed by atoms with Crippen molar-refractivity contribution in [3.63, 3.8) is 0 Å². The molecule has 1 aliphatic rings. The minimum atomic E-state index is -0.153. The SMILES string of the molecule is O=C(NCCc1c[nH]c2ccccc12)C1CCN(Cc2ccccc2F)CC1. The molecule has 3 aromatic rings. The lowest BCUT2D eigenvalue weighted by atomic mass is 9.95. The Balaban J connectivity index is 1.22. The molecule has 0 saturated carbocycles. The van der Waals surface area contributed by atoms with Gasteiger partial charge < -0.3 is 10.3 Å². The number of carbonyl (C=O) groups is 1. The number of piperidine rings is 1. The summed E-state index contributed by atoms with van der Waals surface area (Å²) in [5.41, 5.74) is 3.09. The zero-order valence-electron chi connectivity index (χ0n) is 16.0. The van der Waals surface area contributed by atoms with Gasteiger partial charge in [0.25, 0.3) is 0 Å². The predicted molar refractivity (Wildman–Crippen MR) is 109 cm³/mol. The van der Waals surface area contributed by atoms with Crippen molar-refractivity contribution >= 4 is 16.8 Å². The monoisotopic (exact) mass is 379 g/mol. The number of aromatic amines is 1. The maximum atomic E-state index is 13.8. The van der Waals surface area contributed by atoms with Crippen LogP contribution in [0.5, 0.6) is 0 Å². The molecule has 1 aromatic heterocycles. The number of nitrogens with one attached hydrogen (secondary N) is 2. The molecule has 1 aliphatic heterocycles. The van der Waals surface area contributed by atoms with E-state index in [0.717, 1.165) is 43.4 Å². The third-order valence-electron chi connectivity index (χ3n) is 5.68. The molecular formula is C23H26FN3O. The number of hydrogen-bond acceptors (Lipinski definition) is 2. The van der Waals surface area contributed by atoms with Crippen LogP contribution >= 0.6 is 0 Å². The lowest BCUT2D eigenvalue weighted by Gasteiger charge is -2.31. The van der Waals surface area contributed by atoms with Crippen molar-refractivity contribution in [1.29, 1.82) is 0 Å². The number of amides is 1. The smallest absolute Gasteiger partial charge is 0.223 e. The highest BCUT2D eigenvalue weighted by Crippen LogP contribution is 2.21. The molecule has 4 nitrogen and oxygen atoms in total. The molecule has 0 bridgehead atoms. The summed E-state index contributed by atoms with van der Waals surface area (Å²) in [5.74, 6) is 0.0462. The Morgan fingerprint density at radius 2 is 1.82 bits per heavy atom. The molecule has 4 rings (SSSR count). The van der Waals surface area contributed by atoms with E-state index in [2.05, 4.69) is 27.3 Å². The normalized spacial score (nSPS) is 15.8. The van der Waals surface area contributed by atoms with Crippen LogP contribution in [0, 0.1) is 11.7 Å². The van der Waals surface area contributed by atoms with E-state index < -0.39 is 0 Å². The summed E-state index contributed by atoms with van der Waals surface area (Å²) in [6, 6.07) is 15.1. The second-order valence-corrected chi connectivity index (χ2v) is 7.54. The molecule has 0 atom stereocenters. The largest absolute Gasteiger partial charge is 0.361 e. The van der Waals surface area contributed by atoms with E-state index in [-0.39, 0.29) is 17.6 Å². The van der Waals surface area contributed by atoms with Crippen molar-refractivity contribution in [2.45, 2.75) is 25.8 Å². The van der Waals surface area contributed by atoms with Gasteiger partial charge in [-0.1, -0.05) is 36.4 Å². The number of benzene rings is 2. The predicted octanol–water partition coefficient (Wildman–Crippen LogP) is 3.88. The minimum Gasteiger partial charge on any atom is -0.361 e. The zero-order valence-corrected chi connectivity index (χ0v) is 16.0. The highest BCUT2D eigenvalue weighted by atomic mass is 19.1. The average molecular weight is 379 g/mol. The average Bonchev–Trinajstić information content (AvgIpc) is 3.13. The van der Waals surface area contributed by atoms with Gasteiger partial charge in [-0.05, 0) is 50.0 Å². The first-order valence-corrected chi connectivity index (χ1v) is 9.99. The van der Waals surface area contributed by atoms with Gasteiger partial charge in [-0.2, -0.15) is 0 Å². The molecule has 1 amide bonds. The highest BCUT2D eigenvalue weighted by molar-refractivity contribution is 5.83. The van der Waals surface area contributed by atoms with Gasteiger partial charge in [0, 0.05) is 41.7 Å². The number of aromatic nitrogens is 1. The lowest BCUT2D eigenvalue weighted by molar-refractivity contribution is -0.126. The summed E-state index contributed by atoms with van der Waals surface area (Å²) in [5, 5.41) is 4.32. The number of fused-ring (bicyclic) bond motifs is 1. The zero-order chi connectivity index (χ0) is 19.3. The number of halogens is 1. The van der Waals surface area contributed by atoms with Gasteiger partial charge in [0.1, 0.15) is 5.82 Å². The Morgan fingerprint density at radius 1 is 1.07 bits per heavy atom. The van der Waals surface area contributed by atoms with Crippen molar-refractivity contribution in [2.75, 3.05) is 19.6 Å². The van der Waals surface area contributed by atoms with E-state index in [4.69, 9.17) is 0 Å². The first kappa shape index (κ1) is 18.7. The van der Waals surface area contributed by atoms with Gasteiger partial charge in [0.2, 0.25) is 5.91 Å². The Labute approximate surface area is 164 Å². The van der Waals surface area contributed by atoms with Crippen LogP contribution < -0.4 is 5.32 Å². The standard InChI is InChI=1S/C23H26FN3O/c24-21-7-3-1-5-19(21)16-27-13-10-17(11-14-27)23(28)25-12-9-18-15-26-22-8-4-2-6-20(18)22/h1-8,15,17,26H,9-14,16H2,(H,25,28). The van der Waals surface area contributed by atoms with E-state index in [1.54, 1.807) is 6.07 Å². The van der Waals surface area contributed by atoms with Crippen LogP contribution in [0.3, 0.4) is 0 Å². The molecule has 0 aliphatic carbocycles. The second-order valence-electron chi connectivity index (χ2n) is 7.54. The third kappa shape index (κ3) is 4.25. The third-order valence-corrected chi connectivity index (χ3v) is 5.68. The topological polar surface area (TPSA) is 48.1 Å². The number of rotatable bonds is 6. The molecule has 2 heterocycles. The number of carbonyl (C=O) groups excluding carboxylic acids is 1. The van der Waals surface area contributed by atoms with Gasteiger partial charge in [-0.3, -0.25) is 9.69 Å². The molecule has 5 heteroatoms. The second kappa shape index (κ2) is 8.57. The fourth-order valence-corrected chi connectivity index (χ4v) is 4.02. The van der Waals surface area contributed by atoms with Gasteiger partial charge in [-0.15, -0.1) is 0 Å². The van der Waals surface area contributed by atoms with Crippen LogP contribution in [0.2, 0.25) is 0 Å². The summed E-state index contributed by atoms with van der Waals surface area (Å²) in [7, 11) is 0. The molecule has 146 valence electrons. The van der Waals surface area contributed by atoms with E-state index in [9.17, 15) is 9.18 Å². The molecule has 0 spiro atoms. The maximum Gasteiger partial charge on any atom is 0.223 e. The number of likely N-dealkylation sites (tertiary alicyclic amines) is 1. The molecule has 0 radical (unpaired) electrons. The number of para-hydroxylation sites is 1. The van der Waals surface area contributed by atoms with Gasteiger partial charge in [0.15, 0.2) is 0 Å². The lowest BCUT2D eigenvalue weighted by Crippen LogP contribution is -2.40. The van der Waals surface area contributed by atoms with Crippen molar-refractivity contribution in [1.82, 2.24) is 15.2 Å². The summed E-state index contributed by atoms with van der Waals surface area (Å²) < 4.78 is 13.8. The molecule has 0 unspecified atom stereocenters. The maximum absolute atomic E-state index is 13.8. The quantitative estimate of drug-likeness (QED) is 0.683. The van der Waals surface area contributed by atoms with Crippen molar-refractivity contribution in [2.24, 2.45) is 5.92 Å². The van der Waals surface area contributed by atoms with Crippen molar-refractivity contribution < 1.29 is 9.18 Å². The first-order valence-electron chi connectivity index (χ1n) is 9.99. The fraction of sp³-hybridized carbons (Fsp3) is 0.348. The minimum absolute atomic E-state index is 0.0554. The fourth-order valence-electron chi connectivity index (χ4n) is 4.02. The van der Waals surface area contributed by atoms with E-state index in [0.29, 0.717) is 13.1 Å². The van der Waals surface area contributed by atoms with Crippen LogP contribution in [0.1, 0.15) is 24.0 Å². The first-order chi connectivity index (χ1) is 13.7. The highest BCUT2D eigenvalue weighted by Gasteiger charge is 2.25. The van der Waals surface area contributed by atoms with Gasteiger partial charge >= 0.3 is 0 Å². The molecule has 28 heavy (non-hydrogen) atoms. The molecule has 2 N–H and O–H groups in total. The van der Waals surface area contributed by atoms with Crippen LogP contribution in [0.15, 0.2) is 54.7 Å². The van der Waals surface area contributed by atoms with Crippen LogP contribution in [-0.4, -0.2) is 35.4 Å². The number of hydrogen-bond donors (Lipinski definition) is 2. The Bertz CT molecular complexity index is 944. The van der Waals surface area contributed by atoms with Gasteiger partial charge in [0.05, 0.1) is 0 Å². The van der Waals surface area contributed by atoms with E-state index in [1.807, 2.05) is 30.5 Å². The number of nitrogens with zero attached hydrogens (tertiary/aromatic N) is 1. The van der Waals surface area contributed by atoms with E-state index in [1.165, 1.54) is 17.0 Å². The van der Waals surface area contributed by atoms with Crippen molar-refractivity contribution in [3.8, 4) is 0 Å². The Kier molecular flexibility index (Phi) is 5.72. The van der Waals surface area contributed by atoms with Crippen LogP contribution in [0.4, 0.5) is 4.39 Å². The van der Waals surface area contributed by atoms with Crippen LogP contribution in [0.25, 0.3) is 10.9 Å². The summed E-state index contributed by atoms with van der Waals surface area (Å²) in [6.07, 6.45) is 4.50. The molecule has 1 fully saturated rings. The number of H-pyrrole nitrogens is 1. The van der Waals surface area contributed by atoms with Crippen LogP contribution in [-0.2, 0) is 17.8 Å². The Hall–Kier alpha value is -2.66. The Morgan fingerprint density at radius 3 is 2.64 bits per heavy atom. The molecule has 2 aromatic carbocycles. The van der Waals surface area contributed by atoms with Crippen molar-refractivity contribution in [3.05, 3.63) is 71.7 Å². The summed E-state index contributed by atoms with van der Waals surface area (Å²) >= 11 is 0. The van der Waals surface area contributed by atoms with Gasteiger partial charge in [-0.25, -0.2) is 4.39 Å². The van der Waals surface area contributed by atoms with E-state index >= 15 is 0 Å². The molecular weight excluding hydrogens is 353 g/mol. The molecule has 1 saturated heterocycles.